The third-order valence-electron chi connectivity index (χ3n) is 4.47. The Morgan fingerprint density at radius 3 is 2.12 bits per heavy atom. The summed E-state index contributed by atoms with van der Waals surface area (Å²) in [5.74, 6) is -4.03. The van der Waals surface area contributed by atoms with E-state index in [0.29, 0.717) is 43.2 Å². The molecule has 32 heavy (non-hydrogen) atoms. The van der Waals surface area contributed by atoms with E-state index in [2.05, 4.69) is 5.32 Å². The Hall–Kier alpha value is -3.60. The van der Waals surface area contributed by atoms with Gasteiger partial charge in [-0.25, -0.2) is 9.59 Å². The number of nitrogens with zero attached hydrogens (tertiary/aromatic N) is 1. The molecule has 1 aliphatic rings. The van der Waals surface area contributed by atoms with E-state index in [1.54, 1.807) is 24.3 Å². The third-order valence-corrected chi connectivity index (χ3v) is 4.47. The zero-order chi connectivity index (χ0) is 23.9. The standard InChI is InChI=1S/C19H20N2O4.C2HF3O2/c1-13-4-2-3-5-15(13)18(22)20-14-6-7-17(16(12-14)19(23)24)21-8-10-25-11-9-21;3-2(4,5)1(6)7/h2-7,12H,8-11H2,1H3,(H,20,22)(H,23,24);(H,6,7). The van der Waals surface area contributed by atoms with E-state index in [1.165, 1.54) is 6.07 Å². The van der Waals surface area contributed by atoms with Gasteiger partial charge < -0.3 is 25.2 Å². The first kappa shape index (κ1) is 24.7. The molecule has 8 nitrogen and oxygen atoms in total. The lowest BCUT2D eigenvalue weighted by Crippen LogP contribution is -2.37. The quantitative estimate of drug-likeness (QED) is 0.648. The number of benzene rings is 2. The number of hydrogen-bond acceptors (Lipinski definition) is 5. The van der Waals surface area contributed by atoms with Crippen molar-refractivity contribution in [1.29, 1.82) is 0 Å². The number of carbonyl (C=O) groups is 3. The normalized spacial score (nSPS) is 13.6. The van der Waals surface area contributed by atoms with Crippen molar-refractivity contribution in [3.63, 3.8) is 0 Å². The summed E-state index contributed by atoms with van der Waals surface area (Å²) < 4.78 is 37.0. The van der Waals surface area contributed by atoms with Gasteiger partial charge in [-0.05, 0) is 36.8 Å². The number of aromatic carboxylic acids is 1. The SMILES string of the molecule is Cc1ccccc1C(=O)Nc1ccc(N2CCOCC2)c(C(=O)O)c1.O=C(O)C(F)(F)F. The van der Waals surface area contributed by atoms with Gasteiger partial charge in [-0.15, -0.1) is 0 Å². The molecule has 1 aliphatic heterocycles. The second-order valence-corrected chi connectivity index (χ2v) is 6.71. The van der Waals surface area contributed by atoms with Crippen molar-refractivity contribution in [3.8, 4) is 0 Å². The minimum Gasteiger partial charge on any atom is -0.478 e. The average Bonchev–Trinajstić information content (AvgIpc) is 2.74. The lowest BCUT2D eigenvalue weighted by Gasteiger charge is -2.30. The van der Waals surface area contributed by atoms with Crippen LogP contribution < -0.4 is 10.2 Å². The number of morpholine rings is 1. The number of aryl methyl sites for hydroxylation is 1. The topological polar surface area (TPSA) is 116 Å². The molecule has 3 N–H and O–H groups in total. The summed E-state index contributed by atoms with van der Waals surface area (Å²) in [4.78, 5) is 35.0. The molecule has 2 aromatic rings. The van der Waals surface area contributed by atoms with Gasteiger partial charge in [0.2, 0.25) is 0 Å². The Morgan fingerprint density at radius 2 is 1.59 bits per heavy atom. The largest absolute Gasteiger partial charge is 0.490 e. The highest BCUT2D eigenvalue weighted by atomic mass is 19.4. The number of carboxylic acid groups (broad SMARTS) is 2. The first-order valence-electron chi connectivity index (χ1n) is 9.38. The van der Waals surface area contributed by atoms with Crippen molar-refractivity contribution in [2.45, 2.75) is 13.1 Å². The number of hydrogen-bond donors (Lipinski definition) is 3. The van der Waals surface area contributed by atoms with E-state index in [4.69, 9.17) is 14.6 Å². The van der Waals surface area contributed by atoms with Crippen LogP contribution in [0.3, 0.4) is 0 Å². The van der Waals surface area contributed by atoms with Crippen molar-refractivity contribution in [2.75, 3.05) is 36.5 Å². The number of carbonyl (C=O) groups excluding carboxylic acids is 1. The Bertz CT molecular complexity index is 988. The highest BCUT2D eigenvalue weighted by Gasteiger charge is 2.38. The van der Waals surface area contributed by atoms with E-state index >= 15 is 0 Å². The van der Waals surface area contributed by atoms with Crippen molar-refractivity contribution < 1.29 is 42.5 Å². The van der Waals surface area contributed by atoms with Crippen LogP contribution in [0.4, 0.5) is 24.5 Å². The molecule has 1 heterocycles. The van der Waals surface area contributed by atoms with Gasteiger partial charge in [-0.1, -0.05) is 18.2 Å². The molecule has 0 radical (unpaired) electrons. The minimum atomic E-state index is -5.08. The van der Waals surface area contributed by atoms with E-state index < -0.39 is 18.1 Å². The lowest BCUT2D eigenvalue weighted by atomic mass is 10.1. The second kappa shape index (κ2) is 10.6. The molecule has 0 aliphatic carbocycles. The van der Waals surface area contributed by atoms with Crippen LogP contribution in [0.2, 0.25) is 0 Å². The zero-order valence-corrected chi connectivity index (χ0v) is 17.0. The van der Waals surface area contributed by atoms with Crippen LogP contribution >= 0.6 is 0 Å². The molecule has 11 heteroatoms. The Balaban J connectivity index is 0.000000451. The number of ether oxygens (including phenoxy) is 1. The second-order valence-electron chi connectivity index (χ2n) is 6.71. The summed E-state index contributed by atoms with van der Waals surface area (Å²) in [5, 5.41) is 19.4. The molecular formula is C21H21F3N2O6. The average molecular weight is 454 g/mol. The fourth-order valence-corrected chi connectivity index (χ4v) is 2.89. The van der Waals surface area contributed by atoms with Gasteiger partial charge in [0.1, 0.15) is 0 Å². The van der Waals surface area contributed by atoms with Crippen molar-refractivity contribution in [3.05, 3.63) is 59.2 Å². The third kappa shape index (κ3) is 6.71. The number of aliphatic carboxylic acids is 1. The number of rotatable bonds is 4. The van der Waals surface area contributed by atoms with Crippen LogP contribution in [0.25, 0.3) is 0 Å². The van der Waals surface area contributed by atoms with Crippen LogP contribution in [-0.4, -0.2) is 60.5 Å². The molecule has 0 saturated carbocycles. The van der Waals surface area contributed by atoms with Crippen LogP contribution in [0.15, 0.2) is 42.5 Å². The Morgan fingerprint density at radius 1 is 1.00 bits per heavy atom. The van der Waals surface area contributed by atoms with Gasteiger partial charge >= 0.3 is 18.1 Å². The molecule has 2 aromatic carbocycles. The van der Waals surface area contributed by atoms with Crippen LogP contribution in [0.5, 0.6) is 0 Å². The van der Waals surface area contributed by atoms with Crippen molar-refractivity contribution >= 4 is 29.2 Å². The Labute approximate surface area is 181 Å². The maximum absolute atomic E-state index is 12.4. The first-order chi connectivity index (χ1) is 15.0. The summed E-state index contributed by atoms with van der Waals surface area (Å²) >= 11 is 0. The molecule has 0 atom stereocenters. The molecule has 1 amide bonds. The first-order valence-corrected chi connectivity index (χ1v) is 9.38. The summed E-state index contributed by atoms with van der Waals surface area (Å²) in [6, 6.07) is 12.2. The molecule has 0 bridgehead atoms. The molecule has 1 saturated heterocycles. The van der Waals surface area contributed by atoms with E-state index in [-0.39, 0.29) is 11.5 Å². The van der Waals surface area contributed by atoms with Gasteiger partial charge in [0, 0.05) is 24.3 Å². The van der Waals surface area contributed by atoms with E-state index in [0.717, 1.165) is 5.56 Å². The molecule has 1 fully saturated rings. The van der Waals surface area contributed by atoms with Crippen molar-refractivity contribution in [1.82, 2.24) is 0 Å². The van der Waals surface area contributed by atoms with E-state index in [1.807, 2.05) is 24.0 Å². The van der Waals surface area contributed by atoms with Crippen LogP contribution in [0.1, 0.15) is 26.3 Å². The predicted molar refractivity (Wildman–Crippen MR) is 109 cm³/mol. The lowest BCUT2D eigenvalue weighted by molar-refractivity contribution is -0.192. The van der Waals surface area contributed by atoms with Gasteiger partial charge in [0.25, 0.3) is 5.91 Å². The summed E-state index contributed by atoms with van der Waals surface area (Å²) in [5.41, 5.74) is 2.71. The summed E-state index contributed by atoms with van der Waals surface area (Å²) in [7, 11) is 0. The van der Waals surface area contributed by atoms with Gasteiger partial charge in [0.05, 0.1) is 24.5 Å². The number of anilines is 2. The molecule has 0 unspecified atom stereocenters. The van der Waals surface area contributed by atoms with Crippen LogP contribution in [-0.2, 0) is 9.53 Å². The summed E-state index contributed by atoms with van der Waals surface area (Å²) in [6.45, 7) is 4.30. The highest BCUT2D eigenvalue weighted by molar-refractivity contribution is 6.06. The molecule has 172 valence electrons. The van der Waals surface area contributed by atoms with Crippen LogP contribution in [0, 0.1) is 6.92 Å². The number of alkyl halides is 3. The van der Waals surface area contributed by atoms with Gasteiger partial charge in [-0.3, -0.25) is 4.79 Å². The number of amides is 1. The fourth-order valence-electron chi connectivity index (χ4n) is 2.89. The fraction of sp³-hybridized carbons (Fsp3) is 0.286. The number of carboxylic acids is 2. The predicted octanol–water partition coefficient (Wildman–Crippen LogP) is 3.42. The van der Waals surface area contributed by atoms with Gasteiger partial charge in [-0.2, -0.15) is 13.2 Å². The summed E-state index contributed by atoms with van der Waals surface area (Å²) in [6.07, 6.45) is -5.08. The highest BCUT2D eigenvalue weighted by Crippen LogP contribution is 2.26. The molecular weight excluding hydrogens is 433 g/mol. The molecule has 0 aromatic heterocycles. The van der Waals surface area contributed by atoms with E-state index in [9.17, 15) is 27.9 Å². The molecule has 0 spiro atoms. The monoisotopic (exact) mass is 454 g/mol. The molecule has 3 rings (SSSR count). The smallest absolute Gasteiger partial charge is 0.478 e. The number of nitrogens with one attached hydrogen (secondary N) is 1. The van der Waals surface area contributed by atoms with Gasteiger partial charge in [0.15, 0.2) is 0 Å². The minimum absolute atomic E-state index is 0.171. The maximum Gasteiger partial charge on any atom is 0.490 e. The number of halogens is 3. The maximum atomic E-state index is 12.4. The Kier molecular flexibility index (Phi) is 8.19. The zero-order valence-electron chi connectivity index (χ0n) is 17.0. The van der Waals surface area contributed by atoms with Crippen molar-refractivity contribution in [2.24, 2.45) is 0 Å².